The number of thioether (sulfide) groups is 1. The van der Waals surface area contributed by atoms with Gasteiger partial charge in [-0.05, 0) is 0 Å². The number of nitrogens with zero attached hydrogens (tertiary/aromatic N) is 3. The molecule has 7 nitrogen and oxygen atoms in total. The van der Waals surface area contributed by atoms with Crippen LogP contribution in [0.2, 0.25) is 0 Å². The van der Waals surface area contributed by atoms with E-state index in [1.807, 2.05) is 0 Å². The molecule has 0 aliphatic rings. The third kappa shape index (κ3) is 3.33. The number of hydrogen-bond acceptors (Lipinski definition) is 7. The van der Waals surface area contributed by atoms with E-state index in [9.17, 15) is 10.1 Å². The molecule has 0 bridgehead atoms. The second kappa shape index (κ2) is 5.47. The van der Waals surface area contributed by atoms with Crippen LogP contribution in [0.3, 0.4) is 0 Å². The lowest BCUT2D eigenvalue weighted by molar-refractivity contribution is -0.388. The van der Waals surface area contributed by atoms with E-state index in [-0.39, 0.29) is 16.7 Å². The molecule has 0 atom stereocenters. The van der Waals surface area contributed by atoms with Crippen molar-refractivity contribution in [3.05, 3.63) is 16.3 Å². The molecule has 82 valence electrons. The summed E-state index contributed by atoms with van der Waals surface area (Å²) in [5.74, 6) is 0.605. The summed E-state index contributed by atoms with van der Waals surface area (Å²) >= 11 is 1.22. The van der Waals surface area contributed by atoms with E-state index in [2.05, 4.69) is 9.97 Å². The molecule has 0 aromatic carbocycles. The number of nitrogens with two attached hydrogens (primary N) is 1. The van der Waals surface area contributed by atoms with Crippen molar-refractivity contribution in [2.75, 3.05) is 25.2 Å². The van der Waals surface area contributed by atoms with Gasteiger partial charge in [0.2, 0.25) is 5.95 Å². The predicted molar refractivity (Wildman–Crippen MR) is 55.7 cm³/mol. The van der Waals surface area contributed by atoms with Crippen molar-refractivity contribution >= 4 is 23.4 Å². The lowest BCUT2D eigenvalue weighted by Gasteiger charge is -2.01. The summed E-state index contributed by atoms with van der Waals surface area (Å²) < 4.78 is 4.83. The van der Waals surface area contributed by atoms with Gasteiger partial charge in [-0.3, -0.25) is 10.1 Å². The van der Waals surface area contributed by atoms with Crippen LogP contribution in [-0.4, -0.2) is 34.4 Å². The Bertz CT molecular complexity index is 360. The molecule has 0 spiro atoms. The number of rotatable bonds is 5. The summed E-state index contributed by atoms with van der Waals surface area (Å²) in [4.78, 5) is 17.4. The summed E-state index contributed by atoms with van der Waals surface area (Å²) in [6, 6.07) is 0. The summed E-state index contributed by atoms with van der Waals surface area (Å²) in [6.07, 6.45) is 1.11. The normalized spacial score (nSPS) is 10.2. The molecule has 1 heterocycles. The van der Waals surface area contributed by atoms with Gasteiger partial charge < -0.3 is 10.5 Å². The van der Waals surface area contributed by atoms with Crippen LogP contribution >= 0.6 is 11.8 Å². The molecule has 2 N–H and O–H groups in total. The first-order valence-electron chi connectivity index (χ1n) is 4.03. The third-order valence-corrected chi connectivity index (χ3v) is 2.42. The van der Waals surface area contributed by atoms with E-state index in [0.29, 0.717) is 12.4 Å². The van der Waals surface area contributed by atoms with Crippen LogP contribution in [0.15, 0.2) is 11.2 Å². The highest BCUT2D eigenvalue weighted by Gasteiger charge is 2.16. The first-order valence-corrected chi connectivity index (χ1v) is 5.02. The molecular formula is C7H10N4O3S. The summed E-state index contributed by atoms with van der Waals surface area (Å²) in [6.45, 7) is 0.492. The van der Waals surface area contributed by atoms with E-state index in [1.165, 1.54) is 11.8 Å². The Morgan fingerprint density at radius 3 is 3.07 bits per heavy atom. The van der Waals surface area contributed by atoms with Gasteiger partial charge in [-0.1, -0.05) is 11.8 Å². The van der Waals surface area contributed by atoms with Gasteiger partial charge in [0.15, 0.2) is 5.03 Å². The number of nitro groups is 1. The molecule has 0 fully saturated rings. The number of ether oxygens (including phenoxy) is 1. The Morgan fingerprint density at radius 2 is 2.47 bits per heavy atom. The fourth-order valence-electron chi connectivity index (χ4n) is 0.826. The molecule has 1 rings (SSSR count). The van der Waals surface area contributed by atoms with Crippen molar-refractivity contribution in [2.24, 2.45) is 0 Å². The standard InChI is InChI=1S/C7H10N4O3S/c1-14-2-3-15-6-5(11(12)13)4-9-7(8)10-6/h4H,2-3H2,1H3,(H2,8,9,10). The Labute approximate surface area is 90.2 Å². The van der Waals surface area contributed by atoms with Gasteiger partial charge in [0, 0.05) is 12.9 Å². The van der Waals surface area contributed by atoms with Crippen LogP contribution in [0, 0.1) is 10.1 Å². The topological polar surface area (TPSA) is 104 Å². The molecule has 0 saturated heterocycles. The van der Waals surface area contributed by atoms with Crippen molar-refractivity contribution in [1.29, 1.82) is 0 Å². The van der Waals surface area contributed by atoms with Crippen LogP contribution in [-0.2, 0) is 4.74 Å². The minimum Gasteiger partial charge on any atom is -0.384 e. The summed E-state index contributed by atoms with van der Waals surface area (Å²) in [7, 11) is 1.56. The average molecular weight is 230 g/mol. The van der Waals surface area contributed by atoms with Crippen LogP contribution in [0.5, 0.6) is 0 Å². The molecular weight excluding hydrogens is 220 g/mol. The van der Waals surface area contributed by atoms with Crippen LogP contribution in [0.1, 0.15) is 0 Å². The Balaban J connectivity index is 2.82. The van der Waals surface area contributed by atoms with Gasteiger partial charge in [-0.25, -0.2) is 4.98 Å². The van der Waals surface area contributed by atoms with Gasteiger partial charge in [0.25, 0.3) is 0 Å². The van der Waals surface area contributed by atoms with Crippen molar-refractivity contribution in [3.63, 3.8) is 0 Å². The highest BCUT2D eigenvalue weighted by atomic mass is 32.2. The van der Waals surface area contributed by atoms with Gasteiger partial charge in [0.1, 0.15) is 6.20 Å². The molecule has 0 amide bonds. The predicted octanol–water partition coefficient (Wildman–Crippen LogP) is 0.705. The molecule has 1 aromatic rings. The van der Waals surface area contributed by atoms with Gasteiger partial charge in [-0.2, -0.15) is 4.98 Å². The molecule has 0 aliphatic carbocycles. The van der Waals surface area contributed by atoms with Gasteiger partial charge in [-0.15, -0.1) is 0 Å². The Hall–Kier alpha value is -1.41. The van der Waals surface area contributed by atoms with E-state index >= 15 is 0 Å². The number of anilines is 1. The number of aromatic nitrogens is 2. The molecule has 0 aliphatic heterocycles. The molecule has 0 radical (unpaired) electrons. The van der Waals surface area contributed by atoms with E-state index in [1.54, 1.807) is 7.11 Å². The van der Waals surface area contributed by atoms with Crippen molar-refractivity contribution < 1.29 is 9.66 Å². The van der Waals surface area contributed by atoms with Crippen LogP contribution < -0.4 is 5.73 Å². The fourth-order valence-corrected chi connectivity index (χ4v) is 1.70. The number of hydrogen-bond donors (Lipinski definition) is 1. The maximum Gasteiger partial charge on any atom is 0.319 e. The van der Waals surface area contributed by atoms with E-state index in [0.717, 1.165) is 6.20 Å². The minimum absolute atomic E-state index is 0.0283. The average Bonchev–Trinajstić information content (AvgIpc) is 2.18. The van der Waals surface area contributed by atoms with Crippen molar-refractivity contribution in [2.45, 2.75) is 5.03 Å². The van der Waals surface area contributed by atoms with Crippen LogP contribution in [0.25, 0.3) is 0 Å². The van der Waals surface area contributed by atoms with Gasteiger partial charge in [0.05, 0.1) is 11.5 Å². The number of nitrogen functional groups attached to an aromatic ring is 1. The second-order valence-electron chi connectivity index (χ2n) is 2.52. The summed E-state index contributed by atoms with van der Waals surface area (Å²) in [5.41, 5.74) is 5.21. The lowest BCUT2D eigenvalue weighted by atomic mass is 10.5. The summed E-state index contributed by atoms with van der Waals surface area (Å²) in [5, 5.41) is 10.9. The first kappa shape index (κ1) is 11.7. The highest BCUT2D eigenvalue weighted by Crippen LogP contribution is 2.26. The van der Waals surface area contributed by atoms with Crippen molar-refractivity contribution in [1.82, 2.24) is 9.97 Å². The maximum absolute atomic E-state index is 10.6. The van der Waals surface area contributed by atoms with E-state index in [4.69, 9.17) is 10.5 Å². The van der Waals surface area contributed by atoms with Crippen LogP contribution in [0.4, 0.5) is 11.6 Å². The largest absolute Gasteiger partial charge is 0.384 e. The monoisotopic (exact) mass is 230 g/mol. The smallest absolute Gasteiger partial charge is 0.319 e. The first-order chi connectivity index (χ1) is 7.15. The van der Waals surface area contributed by atoms with Gasteiger partial charge >= 0.3 is 5.69 Å². The van der Waals surface area contributed by atoms with Crippen molar-refractivity contribution in [3.8, 4) is 0 Å². The molecule has 15 heavy (non-hydrogen) atoms. The highest BCUT2D eigenvalue weighted by molar-refractivity contribution is 7.99. The number of methoxy groups -OCH3 is 1. The Morgan fingerprint density at radius 1 is 1.73 bits per heavy atom. The SMILES string of the molecule is COCCSc1nc(N)ncc1[N+](=O)[O-]. The molecule has 0 unspecified atom stereocenters. The Kier molecular flexibility index (Phi) is 4.25. The molecule has 1 aromatic heterocycles. The second-order valence-corrected chi connectivity index (χ2v) is 3.60. The zero-order valence-corrected chi connectivity index (χ0v) is 8.86. The molecule has 0 saturated carbocycles. The fraction of sp³-hybridized carbons (Fsp3) is 0.429. The quantitative estimate of drug-likeness (QED) is 0.261. The zero-order chi connectivity index (χ0) is 11.3. The maximum atomic E-state index is 10.6. The molecule has 8 heteroatoms. The third-order valence-electron chi connectivity index (χ3n) is 1.48. The minimum atomic E-state index is -0.533. The lowest BCUT2D eigenvalue weighted by Crippen LogP contribution is -2.01. The zero-order valence-electron chi connectivity index (χ0n) is 8.04. The van der Waals surface area contributed by atoms with E-state index < -0.39 is 4.92 Å².